The summed E-state index contributed by atoms with van der Waals surface area (Å²) < 4.78 is 0. The molecular formula is C17H21ClN2O3. The largest absolute Gasteiger partial charge is 0.387 e. The van der Waals surface area contributed by atoms with E-state index in [-0.39, 0.29) is 18.4 Å². The van der Waals surface area contributed by atoms with Crippen LogP contribution in [0.25, 0.3) is 0 Å². The van der Waals surface area contributed by atoms with Gasteiger partial charge in [0.25, 0.3) is 5.91 Å². The van der Waals surface area contributed by atoms with E-state index >= 15 is 0 Å². The van der Waals surface area contributed by atoms with Crippen molar-refractivity contribution in [1.82, 2.24) is 10.2 Å². The van der Waals surface area contributed by atoms with Crippen molar-refractivity contribution in [1.29, 1.82) is 0 Å². The van der Waals surface area contributed by atoms with Crippen molar-refractivity contribution in [2.45, 2.75) is 44.2 Å². The fourth-order valence-electron chi connectivity index (χ4n) is 3.62. The van der Waals surface area contributed by atoms with Crippen LogP contribution in [0.1, 0.15) is 44.3 Å². The number of hydrogen-bond acceptors (Lipinski definition) is 3. The Labute approximate surface area is 140 Å². The Morgan fingerprint density at radius 2 is 2.04 bits per heavy atom. The topological polar surface area (TPSA) is 69.6 Å². The van der Waals surface area contributed by atoms with Crippen molar-refractivity contribution >= 4 is 23.5 Å². The van der Waals surface area contributed by atoms with Gasteiger partial charge in [0, 0.05) is 5.02 Å². The maximum absolute atomic E-state index is 12.8. The van der Waals surface area contributed by atoms with Crippen LogP contribution in [0.4, 0.5) is 4.79 Å². The van der Waals surface area contributed by atoms with Gasteiger partial charge < -0.3 is 10.4 Å². The van der Waals surface area contributed by atoms with Crippen molar-refractivity contribution in [2.75, 3.05) is 6.54 Å². The summed E-state index contributed by atoms with van der Waals surface area (Å²) in [4.78, 5) is 26.3. The van der Waals surface area contributed by atoms with Gasteiger partial charge in [-0.2, -0.15) is 0 Å². The maximum Gasteiger partial charge on any atom is 0.325 e. The predicted molar refractivity (Wildman–Crippen MR) is 87.0 cm³/mol. The summed E-state index contributed by atoms with van der Waals surface area (Å²) in [5.74, 6) is -0.0897. The number of carbonyl (C=O) groups is 2. The van der Waals surface area contributed by atoms with E-state index in [0.29, 0.717) is 17.0 Å². The normalized spacial score (nSPS) is 29.0. The predicted octanol–water partition coefficient (Wildman–Crippen LogP) is 2.87. The van der Waals surface area contributed by atoms with Crippen LogP contribution in [-0.4, -0.2) is 34.0 Å². The number of nitrogens with zero attached hydrogens (tertiary/aromatic N) is 1. The molecule has 23 heavy (non-hydrogen) atoms. The van der Waals surface area contributed by atoms with Crippen LogP contribution < -0.4 is 5.32 Å². The Morgan fingerprint density at radius 1 is 1.35 bits per heavy atom. The molecule has 1 aliphatic carbocycles. The molecule has 1 spiro atoms. The number of nitrogens with one attached hydrogen (secondary N) is 1. The Bertz CT molecular complexity index is 619. The number of imide groups is 1. The molecular weight excluding hydrogens is 316 g/mol. The Hall–Kier alpha value is -1.59. The highest BCUT2D eigenvalue weighted by Crippen LogP contribution is 2.38. The van der Waals surface area contributed by atoms with Gasteiger partial charge in [0.15, 0.2) is 0 Å². The molecule has 1 aromatic carbocycles. The van der Waals surface area contributed by atoms with Crippen LogP contribution in [0.15, 0.2) is 24.3 Å². The van der Waals surface area contributed by atoms with E-state index < -0.39 is 17.7 Å². The van der Waals surface area contributed by atoms with Crippen LogP contribution in [0.5, 0.6) is 0 Å². The van der Waals surface area contributed by atoms with Crippen LogP contribution in [0.2, 0.25) is 5.02 Å². The lowest BCUT2D eigenvalue weighted by atomic mass is 9.73. The maximum atomic E-state index is 12.8. The standard InChI is InChI=1S/C17H21ClN2O3/c1-11-4-2-3-9-17(11)15(22)20(16(23)19-17)10-14(21)12-5-7-13(18)8-6-12/h5-8,11,14,21H,2-4,9-10H2,1H3,(H,19,23)/t11-,14-,17+/m1/s1. The first-order valence-electron chi connectivity index (χ1n) is 8.01. The monoisotopic (exact) mass is 336 g/mol. The first kappa shape index (κ1) is 16.3. The summed E-state index contributed by atoms with van der Waals surface area (Å²) in [5, 5.41) is 13.8. The molecule has 0 bridgehead atoms. The van der Waals surface area contributed by atoms with E-state index in [4.69, 9.17) is 11.6 Å². The Balaban J connectivity index is 1.76. The zero-order chi connectivity index (χ0) is 16.6. The van der Waals surface area contributed by atoms with Crippen LogP contribution >= 0.6 is 11.6 Å². The number of urea groups is 1. The molecule has 1 aliphatic heterocycles. The molecule has 3 rings (SSSR count). The molecule has 1 heterocycles. The highest BCUT2D eigenvalue weighted by atomic mass is 35.5. The number of halogens is 1. The average molecular weight is 337 g/mol. The fourth-order valence-corrected chi connectivity index (χ4v) is 3.75. The molecule has 6 heteroatoms. The van der Waals surface area contributed by atoms with E-state index in [9.17, 15) is 14.7 Å². The van der Waals surface area contributed by atoms with Crippen molar-refractivity contribution in [3.8, 4) is 0 Å². The van der Waals surface area contributed by atoms with Crippen molar-refractivity contribution in [2.24, 2.45) is 5.92 Å². The summed E-state index contributed by atoms with van der Waals surface area (Å²) in [7, 11) is 0. The average Bonchev–Trinajstić information content (AvgIpc) is 2.76. The lowest BCUT2D eigenvalue weighted by Crippen LogP contribution is -2.54. The molecule has 3 amide bonds. The first-order chi connectivity index (χ1) is 10.9. The van der Waals surface area contributed by atoms with Crippen molar-refractivity contribution in [3.63, 3.8) is 0 Å². The van der Waals surface area contributed by atoms with Gasteiger partial charge in [0.05, 0.1) is 12.6 Å². The number of amides is 3. The fraction of sp³-hybridized carbons (Fsp3) is 0.529. The number of benzene rings is 1. The van der Waals surface area contributed by atoms with Gasteiger partial charge in [-0.3, -0.25) is 9.69 Å². The molecule has 3 atom stereocenters. The van der Waals surface area contributed by atoms with E-state index in [1.165, 1.54) is 0 Å². The number of aliphatic hydroxyl groups is 1. The first-order valence-corrected chi connectivity index (χ1v) is 8.39. The second-order valence-electron chi connectivity index (χ2n) is 6.53. The van der Waals surface area contributed by atoms with E-state index in [0.717, 1.165) is 24.2 Å². The van der Waals surface area contributed by atoms with Crippen LogP contribution in [-0.2, 0) is 4.79 Å². The summed E-state index contributed by atoms with van der Waals surface area (Å²) in [6.07, 6.45) is 2.70. The van der Waals surface area contributed by atoms with Crippen LogP contribution in [0.3, 0.4) is 0 Å². The molecule has 0 radical (unpaired) electrons. The number of hydrogen-bond donors (Lipinski definition) is 2. The SMILES string of the molecule is C[C@@H]1CCCC[C@]12NC(=O)N(C[C@@H](O)c1ccc(Cl)cc1)C2=O. The zero-order valence-electron chi connectivity index (χ0n) is 13.1. The highest BCUT2D eigenvalue weighted by Gasteiger charge is 2.55. The summed E-state index contributed by atoms with van der Waals surface area (Å²) in [6.45, 7) is 1.97. The minimum absolute atomic E-state index is 0.0409. The summed E-state index contributed by atoms with van der Waals surface area (Å²) in [5.41, 5.74) is -0.151. The van der Waals surface area contributed by atoms with Crippen molar-refractivity contribution < 1.29 is 14.7 Å². The number of rotatable bonds is 3. The molecule has 0 unspecified atom stereocenters. The molecule has 1 aromatic rings. The van der Waals surface area contributed by atoms with Crippen molar-refractivity contribution in [3.05, 3.63) is 34.9 Å². The minimum atomic E-state index is -0.920. The molecule has 1 saturated carbocycles. The van der Waals surface area contributed by atoms with Gasteiger partial charge in [-0.15, -0.1) is 0 Å². The minimum Gasteiger partial charge on any atom is -0.387 e. The molecule has 2 aliphatic rings. The molecule has 5 nitrogen and oxygen atoms in total. The lowest BCUT2D eigenvalue weighted by Gasteiger charge is -2.36. The van der Waals surface area contributed by atoms with Gasteiger partial charge in [0.1, 0.15) is 5.54 Å². The third-order valence-electron chi connectivity index (χ3n) is 5.11. The molecule has 0 aromatic heterocycles. The summed E-state index contributed by atoms with van der Waals surface area (Å²) >= 11 is 5.84. The highest BCUT2D eigenvalue weighted by molar-refractivity contribution is 6.30. The molecule has 2 fully saturated rings. The second-order valence-corrected chi connectivity index (χ2v) is 6.97. The van der Waals surface area contributed by atoms with Crippen LogP contribution in [0, 0.1) is 5.92 Å². The molecule has 1 saturated heterocycles. The number of aliphatic hydroxyl groups excluding tert-OH is 1. The lowest BCUT2D eigenvalue weighted by molar-refractivity contribution is -0.135. The Kier molecular flexibility index (Phi) is 4.34. The third kappa shape index (κ3) is 2.83. The van der Waals surface area contributed by atoms with E-state index in [2.05, 4.69) is 5.32 Å². The number of β-amino-alcohol motifs (C(OH)–C–C–N with tert-alkyl or cyclic N) is 1. The second kappa shape index (κ2) is 6.13. The number of carbonyl (C=O) groups excluding carboxylic acids is 2. The molecule has 124 valence electrons. The van der Waals surface area contributed by atoms with Gasteiger partial charge in [-0.25, -0.2) is 4.79 Å². The quantitative estimate of drug-likeness (QED) is 0.834. The molecule has 2 N–H and O–H groups in total. The summed E-state index contributed by atoms with van der Waals surface area (Å²) in [6, 6.07) is 6.35. The van der Waals surface area contributed by atoms with Gasteiger partial charge in [0.2, 0.25) is 0 Å². The van der Waals surface area contributed by atoms with E-state index in [1.54, 1.807) is 24.3 Å². The zero-order valence-corrected chi connectivity index (χ0v) is 13.8. The van der Waals surface area contributed by atoms with E-state index in [1.807, 2.05) is 6.92 Å². The van der Waals surface area contributed by atoms with Gasteiger partial charge in [-0.1, -0.05) is 43.5 Å². The van der Waals surface area contributed by atoms with Gasteiger partial charge >= 0.3 is 6.03 Å². The third-order valence-corrected chi connectivity index (χ3v) is 5.36. The Morgan fingerprint density at radius 3 is 2.70 bits per heavy atom. The smallest absolute Gasteiger partial charge is 0.325 e. The van der Waals surface area contributed by atoms with Gasteiger partial charge in [-0.05, 0) is 36.5 Å².